The first-order valence-electron chi connectivity index (χ1n) is 6.83. The number of oxazole rings is 1. The first kappa shape index (κ1) is 15.1. The molecule has 21 heavy (non-hydrogen) atoms. The van der Waals surface area contributed by atoms with Crippen molar-refractivity contribution in [3.63, 3.8) is 0 Å². The number of aromatic nitrogens is 1. The molecule has 0 unspecified atom stereocenters. The second-order valence-electron chi connectivity index (χ2n) is 4.61. The van der Waals surface area contributed by atoms with Gasteiger partial charge in [-0.1, -0.05) is 6.07 Å². The van der Waals surface area contributed by atoms with Crippen LogP contribution in [0.15, 0.2) is 34.9 Å². The lowest BCUT2D eigenvalue weighted by atomic mass is 10.2. The quantitative estimate of drug-likeness (QED) is 0.886. The maximum Gasteiger partial charge on any atom is 0.321 e. The number of rotatable bonds is 5. The van der Waals surface area contributed by atoms with Crippen molar-refractivity contribution in [2.75, 3.05) is 25.0 Å². The van der Waals surface area contributed by atoms with Gasteiger partial charge in [0.15, 0.2) is 0 Å². The Kier molecular flexibility index (Phi) is 4.94. The largest absolute Gasteiger partial charge is 0.444 e. The molecule has 1 aromatic heterocycles. The molecule has 0 atom stereocenters. The summed E-state index contributed by atoms with van der Waals surface area (Å²) in [5.41, 5.74) is 2.26. The van der Waals surface area contributed by atoms with E-state index in [1.807, 2.05) is 26.0 Å². The van der Waals surface area contributed by atoms with Crippen molar-refractivity contribution in [3.05, 3.63) is 36.2 Å². The van der Waals surface area contributed by atoms with Gasteiger partial charge >= 0.3 is 6.03 Å². The summed E-state index contributed by atoms with van der Waals surface area (Å²) in [6, 6.07) is 7.05. The number of hydrogen-bond acceptors (Lipinski definition) is 4. The number of urea groups is 1. The van der Waals surface area contributed by atoms with Gasteiger partial charge in [-0.25, -0.2) is 9.78 Å². The van der Waals surface area contributed by atoms with Crippen LogP contribution < -0.4 is 5.32 Å². The molecule has 0 aliphatic carbocycles. The van der Waals surface area contributed by atoms with E-state index in [9.17, 15) is 4.79 Å². The summed E-state index contributed by atoms with van der Waals surface area (Å²) in [7, 11) is 0. The number of benzene rings is 1. The van der Waals surface area contributed by atoms with Crippen LogP contribution in [0.1, 0.15) is 12.6 Å². The molecular weight excluding hydrogens is 270 g/mol. The third-order valence-electron chi connectivity index (χ3n) is 3.02. The van der Waals surface area contributed by atoms with E-state index in [-0.39, 0.29) is 12.6 Å². The average molecular weight is 289 g/mol. The fourth-order valence-corrected chi connectivity index (χ4v) is 1.94. The van der Waals surface area contributed by atoms with E-state index < -0.39 is 0 Å². The summed E-state index contributed by atoms with van der Waals surface area (Å²) in [5, 5.41) is 11.7. The zero-order valence-corrected chi connectivity index (χ0v) is 12.2. The van der Waals surface area contributed by atoms with Gasteiger partial charge in [0, 0.05) is 24.3 Å². The lowest BCUT2D eigenvalue weighted by Crippen LogP contribution is -2.36. The highest BCUT2D eigenvalue weighted by molar-refractivity contribution is 5.90. The van der Waals surface area contributed by atoms with Crippen LogP contribution in [0.3, 0.4) is 0 Å². The predicted molar refractivity (Wildman–Crippen MR) is 80.0 cm³/mol. The molecule has 0 spiro atoms. The van der Waals surface area contributed by atoms with E-state index >= 15 is 0 Å². The fraction of sp³-hybridized carbons (Fsp3) is 0.333. The topological polar surface area (TPSA) is 78.6 Å². The summed E-state index contributed by atoms with van der Waals surface area (Å²) >= 11 is 0. The average Bonchev–Trinajstić information content (AvgIpc) is 2.91. The van der Waals surface area contributed by atoms with Gasteiger partial charge in [0.1, 0.15) is 6.26 Å². The first-order chi connectivity index (χ1) is 10.1. The van der Waals surface area contributed by atoms with E-state index in [1.54, 1.807) is 18.4 Å². The van der Waals surface area contributed by atoms with Crippen LogP contribution in [0, 0.1) is 6.92 Å². The van der Waals surface area contributed by atoms with Crippen LogP contribution in [0.4, 0.5) is 10.5 Å². The number of carbonyl (C=O) groups is 1. The van der Waals surface area contributed by atoms with Gasteiger partial charge in [-0.05, 0) is 32.0 Å². The lowest BCUT2D eigenvalue weighted by Gasteiger charge is -2.20. The number of aryl methyl sites for hydroxylation is 1. The molecule has 0 saturated carbocycles. The standard InChI is InChI=1S/C15H19N3O3/c1-3-18(7-8-19)15(20)17-13-6-4-5-12(9-13)14-16-11(2)10-21-14/h4-6,9-10,19H,3,7-8H2,1-2H3,(H,17,20). The number of likely N-dealkylation sites (N-methyl/N-ethyl adjacent to an activating group) is 1. The number of nitrogens with zero attached hydrogens (tertiary/aromatic N) is 2. The minimum Gasteiger partial charge on any atom is -0.444 e. The molecular formula is C15H19N3O3. The molecule has 2 aromatic rings. The summed E-state index contributed by atoms with van der Waals surface area (Å²) in [6.45, 7) is 4.50. The molecule has 0 aliphatic rings. The molecule has 112 valence electrons. The van der Waals surface area contributed by atoms with Crippen LogP contribution in [0.5, 0.6) is 0 Å². The Bertz CT molecular complexity index is 610. The Morgan fingerprint density at radius 1 is 1.48 bits per heavy atom. The van der Waals surface area contributed by atoms with Crippen molar-refractivity contribution in [3.8, 4) is 11.5 Å². The molecule has 0 bridgehead atoms. The summed E-state index contributed by atoms with van der Waals surface area (Å²) in [4.78, 5) is 17.8. The summed E-state index contributed by atoms with van der Waals surface area (Å²) in [6.07, 6.45) is 1.58. The predicted octanol–water partition coefficient (Wildman–Crippen LogP) is 2.50. The number of aliphatic hydroxyl groups excluding tert-OH is 1. The highest BCUT2D eigenvalue weighted by Crippen LogP contribution is 2.22. The molecule has 1 heterocycles. The van der Waals surface area contributed by atoms with Gasteiger partial charge in [0.2, 0.25) is 5.89 Å². The Hall–Kier alpha value is -2.34. The monoisotopic (exact) mass is 289 g/mol. The maximum absolute atomic E-state index is 12.1. The van der Waals surface area contributed by atoms with Crippen LogP contribution in [-0.2, 0) is 0 Å². The summed E-state index contributed by atoms with van der Waals surface area (Å²) in [5.74, 6) is 0.520. The molecule has 6 heteroatoms. The molecule has 2 amide bonds. The van der Waals surface area contributed by atoms with Gasteiger partial charge in [-0.15, -0.1) is 0 Å². The van der Waals surface area contributed by atoms with Crippen molar-refractivity contribution in [1.29, 1.82) is 0 Å². The van der Waals surface area contributed by atoms with Crippen molar-refractivity contribution in [1.82, 2.24) is 9.88 Å². The fourth-order valence-electron chi connectivity index (χ4n) is 1.94. The maximum atomic E-state index is 12.1. The van der Waals surface area contributed by atoms with E-state index in [2.05, 4.69) is 10.3 Å². The van der Waals surface area contributed by atoms with Crippen LogP contribution in [0.2, 0.25) is 0 Å². The van der Waals surface area contributed by atoms with Gasteiger partial charge in [0.05, 0.1) is 12.3 Å². The Labute approximate surface area is 123 Å². The molecule has 0 aliphatic heterocycles. The Morgan fingerprint density at radius 3 is 2.90 bits per heavy atom. The SMILES string of the molecule is CCN(CCO)C(=O)Nc1cccc(-c2nc(C)co2)c1. The number of anilines is 1. The highest BCUT2D eigenvalue weighted by atomic mass is 16.3. The van der Waals surface area contributed by atoms with E-state index in [1.165, 1.54) is 4.90 Å². The zero-order chi connectivity index (χ0) is 15.2. The number of hydrogen-bond donors (Lipinski definition) is 2. The van der Waals surface area contributed by atoms with Crippen molar-refractivity contribution in [2.45, 2.75) is 13.8 Å². The number of nitrogens with one attached hydrogen (secondary N) is 1. The van der Waals surface area contributed by atoms with E-state index in [0.29, 0.717) is 24.7 Å². The molecule has 6 nitrogen and oxygen atoms in total. The molecule has 0 fully saturated rings. The molecule has 2 rings (SSSR count). The van der Waals surface area contributed by atoms with E-state index in [4.69, 9.17) is 9.52 Å². The molecule has 0 radical (unpaired) electrons. The second kappa shape index (κ2) is 6.90. The third-order valence-corrected chi connectivity index (χ3v) is 3.02. The number of aliphatic hydroxyl groups is 1. The molecule has 2 N–H and O–H groups in total. The van der Waals surface area contributed by atoms with Gasteiger partial charge < -0.3 is 19.7 Å². The Balaban J connectivity index is 2.12. The number of carbonyl (C=O) groups excluding carboxylic acids is 1. The Morgan fingerprint density at radius 2 is 2.29 bits per heavy atom. The number of amides is 2. The van der Waals surface area contributed by atoms with Crippen molar-refractivity contribution < 1.29 is 14.3 Å². The van der Waals surface area contributed by atoms with E-state index in [0.717, 1.165) is 11.3 Å². The van der Waals surface area contributed by atoms with Crippen LogP contribution in [-0.4, -0.2) is 40.7 Å². The second-order valence-corrected chi connectivity index (χ2v) is 4.61. The van der Waals surface area contributed by atoms with Crippen molar-refractivity contribution >= 4 is 11.7 Å². The third kappa shape index (κ3) is 3.82. The highest BCUT2D eigenvalue weighted by Gasteiger charge is 2.12. The van der Waals surface area contributed by atoms with Gasteiger partial charge in [0.25, 0.3) is 0 Å². The normalized spacial score (nSPS) is 10.4. The van der Waals surface area contributed by atoms with Gasteiger partial charge in [-0.2, -0.15) is 0 Å². The molecule has 0 saturated heterocycles. The van der Waals surface area contributed by atoms with Gasteiger partial charge in [-0.3, -0.25) is 0 Å². The van der Waals surface area contributed by atoms with Crippen molar-refractivity contribution in [2.24, 2.45) is 0 Å². The first-order valence-corrected chi connectivity index (χ1v) is 6.83. The minimum absolute atomic E-state index is 0.0586. The smallest absolute Gasteiger partial charge is 0.321 e. The summed E-state index contributed by atoms with van der Waals surface area (Å²) < 4.78 is 5.35. The minimum atomic E-state index is -0.243. The zero-order valence-electron chi connectivity index (χ0n) is 12.2. The van der Waals surface area contributed by atoms with Crippen LogP contribution in [0.25, 0.3) is 11.5 Å². The lowest BCUT2D eigenvalue weighted by molar-refractivity contribution is 0.192. The molecule has 1 aromatic carbocycles. The van der Waals surface area contributed by atoms with Crippen LogP contribution >= 0.6 is 0 Å².